The lowest BCUT2D eigenvalue weighted by atomic mass is 10.1. The number of aliphatic hydroxyl groups excluding tert-OH is 1. The molecule has 0 aliphatic carbocycles. The number of methoxy groups -OCH3 is 1. The minimum Gasteiger partial charge on any atom is -0.496 e. The summed E-state index contributed by atoms with van der Waals surface area (Å²) in [6, 6.07) is 10.7. The van der Waals surface area contributed by atoms with Crippen molar-refractivity contribution >= 4 is 6.03 Å². The van der Waals surface area contributed by atoms with E-state index in [9.17, 15) is 9.90 Å². The number of benzene rings is 1. The quantitative estimate of drug-likeness (QED) is 0.694. The zero-order valence-electron chi connectivity index (χ0n) is 14.0. The van der Waals surface area contributed by atoms with Gasteiger partial charge in [-0.2, -0.15) is 0 Å². The Morgan fingerprint density at radius 3 is 2.79 bits per heavy atom. The molecule has 3 N–H and O–H groups in total. The number of urea groups is 1. The number of rotatable bonds is 8. The topological polar surface area (TPSA) is 83.7 Å². The Balaban J connectivity index is 1.71. The van der Waals surface area contributed by atoms with Gasteiger partial charge in [0.05, 0.1) is 13.4 Å². The lowest BCUT2D eigenvalue weighted by Gasteiger charge is -2.17. The molecule has 0 spiro atoms. The molecule has 0 bridgehead atoms. The van der Waals surface area contributed by atoms with Gasteiger partial charge in [0.15, 0.2) is 0 Å². The molecule has 2 amide bonds. The molecule has 1 aromatic carbocycles. The van der Waals surface area contributed by atoms with Crippen molar-refractivity contribution in [3.05, 3.63) is 54.0 Å². The minimum absolute atomic E-state index is 0.184. The van der Waals surface area contributed by atoms with Crippen molar-refractivity contribution in [2.24, 2.45) is 0 Å². The molecule has 6 heteroatoms. The summed E-state index contributed by atoms with van der Waals surface area (Å²) in [4.78, 5) is 11.9. The van der Waals surface area contributed by atoms with Crippen LogP contribution in [0.5, 0.6) is 5.75 Å². The number of hydrogen-bond acceptors (Lipinski definition) is 4. The van der Waals surface area contributed by atoms with E-state index in [4.69, 9.17) is 9.15 Å². The fraction of sp³-hybridized carbons (Fsp3) is 0.389. The van der Waals surface area contributed by atoms with Crippen LogP contribution in [0.25, 0.3) is 0 Å². The number of amides is 2. The fourth-order valence-corrected chi connectivity index (χ4v) is 2.49. The van der Waals surface area contributed by atoms with E-state index in [-0.39, 0.29) is 12.1 Å². The number of furan rings is 1. The molecular weight excluding hydrogens is 308 g/mol. The first-order chi connectivity index (χ1) is 11.6. The Morgan fingerprint density at radius 1 is 1.29 bits per heavy atom. The minimum atomic E-state index is -0.733. The molecule has 0 saturated carbocycles. The van der Waals surface area contributed by atoms with Gasteiger partial charge in [-0.15, -0.1) is 0 Å². The van der Waals surface area contributed by atoms with Gasteiger partial charge in [0.2, 0.25) is 0 Å². The normalized spacial score (nSPS) is 13.1. The van der Waals surface area contributed by atoms with Gasteiger partial charge in [-0.1, -0.05) is 18.2 Å². The second kappa shape index (κ2) is 8.98. The van der Waals surface area contributed by atoms with Crippen LogP contribution in [0.15, 0.2) is 47.1 Å². The van der Waals surface area contributed by atoms with Gasteiger partial charge in [0, 0.05) is 19.0 Å². The maximum Gasteiger partial charge on any atom is 0.315 e. The molecule has 0 saturated heterocycles. The maximum absolute atomic E-state index is 11.9. The molecule has 2 aromatic rings. The Morgan fingerprint density at radius 2 is 2.08 bits per heavy atom. The summed E-state index contributed by atoms with van der Waals surface area (Å²) in [5.74, 6) is 1.31. The maximum atomic E-state index is 11.9. The summed E-state index contributed by atoms with van der Waals surface area (Å²) in [5, 5.41) is 15.6. The van der Waals surface area contributed by atoms with Crippen LogP contribution >= 0.6 is 0 Å². The average molecular weight is 332 g/mol. The van der Waals surface area contributed by atoms with Crippen LogP contribution in [0.4, 0.5) is 4.79 Å². The lowest BCUT2D eigenvalue weighted by Crippen LogP contribution is -2.42. The van der Waals surface area contributed by atoms with Crippen LogP contribution < -0.4 is 15.4 Å². The van der Waals surface area contributed by atoms with E-state index in [1.165, 1.54) is 6.26 Å². The van der Waals surface area contributed by atoms with Crippen LogP contribution in [0.1, 0.15) is 30.8 Å². The zero-order valence-corrected chi connectivity index (χ0v) is 14.0. The number of ether oxygens (including phenoxy) is 1. The largest absolute Gasteiger partial charge is 0.496 e. The second-order valence-electron chi connectivity index (χ2n) is 5.63. The number of carbonyl (C=O) groups excluding carboxylic acids is 1. The van der Waals surface area contributed by atoms with Gasteiger partial charge in [0.25, 0.3) is 0 Å². The Labute approximate surface area is 141 Å². The molecule has 2 unspecified atom stereocenters. The standard InChI is InChI=1S/C18H24N2O4/c1-13(12-15(21)17-8-5-11-24-17)20-18(22)19-10-9-14-6-3-4-7-16(14)23-2/h3-8,11,13,15,21H,9-10,12H2,1-2H3,(H2,19,20,22). The van der Waals surface area contributed by atoms with E-state index in [2.05, 4.69) is 10.6 Å². The number of aliphatic hydroxyl groups is 1. The van der Waals surface area contributed by atoms with Gasteiger partial charge < -0.3 is 24.9 Å². The van der Waals surface area contributed by atoms with Gasteiger partial charge in [-0.3, -0.25) is 0 Å². The lowest BCUT2D eigenvalue weighted by molar-refractivity contribution is 0.129. The Bertz CT molecular complexity index is 628. The molecule has 6 nitrogen and oxygen atoms in total. The first-order valence-electron chi connectivity index (χ1n) is 7.98. The first-order valence-corrected chi connectivity index (χ1v) is 7.98. The van der Waals surface area contributed by atoms with E-state index in [1.807, 2.05) is 31.2 Å². The molecule has 2 rings (SSSR count). The number of hydrogen-bond donors (Lipinski definition) is 3. The monoisotopic (exact) mass is 332 g/mol. The number of para-hydroxylation sites is 1. The van der Waals surface area contributed by atoms with Gasteiger partial charge in [-0.25, -0.2) is 4.79 Å². The summed E-state index contributed by atoms with van der Waals surface area (Å²) < 4.78 is 10.4. The SMILES string of the molecule is COc1ccccc1CCNC(=O)NC(C)CC(O)c1ccco1. The second-order valence-corrected chi connectivity index (χ2v) is 5.63. The number of nitrogens with one attached hydrogen (secondary N) is 2. The third-order valence-electron chi connectivity index (χ3n) is 3.70. The molecule has 0 aliphatic rings. The Kier molecular flexibility index (Phi) is 6.69. The van der Waals surface area contributed by atoms with Crippen molar-refractivity contribution in [1.29, 1.82) is 0 Å². The molecule has 2 atom stereocenters. The predicted molar refractivity (Wildman–Crippen MR) is 91.0 cm³/mol. The molecular formula is C18H24N2O4. The van der Waals surface area contributed by atoms with Crippen molar-refractivity contribution in [1.82, 2.24) is 10.6 Å². The van der Waals surface area contributed by atoms with Gasteiger partial charge in [-0.05, 0) is 37.1 Å². The van der Waals surface area contributed by atoms with E-state index < -0.39 is 6.10 Å². The van der Waals surface area contributed by atoms with Crippen LogP contribution in [0.2, 0.25) is 0 Å². The van der Waals surface area contributed by atoms with Crippen LogP contribution in [-0.4, -0.2) is 30.8 Å². The van der Waals surface area contributed by atoms with Crippen LogP contribution in [0.3, 0.4) is 0 Å². The van der Waals surface area contributed by atoms with Crippen molar-refractivity contribution < 1.29 is 19.1 Å². The predicted octanol–water partition coefficient (Wildman–Crippen LogP) is 2.64. The molecule has 0 aliphatic heterocycles. The van der Waals surface area contributed by atoms with E-state index in [0.29, 0.717) is 25.1 Å². The van der Waals surface area contributed by atoms with Crippen molar-refractivity contribution in [3.63, 3.8) is 0 Å². The molecule has 1 aromatic heterocycles. The Hall–Kier alpha value is -2.47. The van der Waals surface area contributed by atoms with Crippen LogP contribution in [0, 0.1) is 0 Å². The van der Waals surface area contributed by atoms with Crippen molar-refractivity contribution in [3.8, 4) is 5.75 Å². The fourth-order valence-electron chi connectivity index (χ4n) is 2.49. The highest BCUT2D eigenvalue weighted by molar-refractivity contribution is 5.74. The van der Waals surface area contributed by atoms with Gasteiger partial charge in [0.1, 0.15) is 17.6 Å². The highest BCUT2D eigenvalue weighted by Crippen LogP contribution is 2.18. The molecule has 0 fully saturated rings. The molecule has 130 valence electrons. The van der Waals surface area contributed by atoms with E-state index in [1.54, 1.807) is 19.2 Å². The molecule has 24 heavy (non-hydrogen) atoms. The smallest absolute Gasteiger partial charge is 0.315 e. The van der Waals surface area contributed by atoms with Crippen molar-refractivity contribution in [2.45, 2.75) is 31.9 Å². The van der Waals surface area contributed by atoms with Crippen LogP contribution in [-0.2, 0) is 6.42 Å². The third kappa shape index (κ3) is 5.31. The summed E-state index contributed by atoms with van der Waals surface area (Å²) in [6.45, 7) is 2.34. The highest BCUT2D eigenvalue weighted by Gasteiger charge is 2.16. The zero-order chi connectivity index (χ0) is 17.4. The third-order valence-corrected chi connectivity index (χ3v) is 3.70. The molecule has 1 heterocycles. The summed E-state index contributed by atoms with van der Waals surface area (Å²) in [7, 11) is 1.63. The summed E-state index contributed by atoms with van der Waals surface area (Å²) in [5.41, 5.74) is 1.04. The van der Waals surface area contributed by atoms with E-state index in [0.717, 1.165) is 11.3 Å². The number of carbonyl (C=O) groups is 1. The van der Waals surface area contributed by atoms with Crippen molar-refractivity contribution in [2.75, 3.05) is 13.7 Å². The molecule has 0 radical (unpaired) electrons. The summed E-state index contributed by atoms with van der Waals surface area (Å²) in [6.07, 6.45) is 1.85. The summed E-state index contributed by atoms with van der Waals surface area (Å²) >= 11 is 0. The van der Waals surface area contributed by atoms with E-state index >= 15 is 0 Å². The highest BCUT2D eigenvalue weighted by atomic mass is 16.5. The first kappa shape index (κ1) is 17.9. The van der Waals surface area contributed by atoms with Gasteiger partial charge >= 0.3 is 6.03 Å². The average Bonchev–Trinajstić information content (AvgIpc) is 3.09.